The number of rotatable bonds is 9. The molecule has 4 rings (SSSR count). The highest BCUT2D eigenvalue weighted by atomic mass is 16.2. The highest BCUT2D eigenvalue weighted by molar-refractivity contribution is 6.33. The number of hydrogen-bond acceptors (Lipinski definition) is 12. The van der Waals surface area contributed by atoms with Crippen molar-refractivity contribution >= 4 is 69.7 Å². The highest BCUT2D eigenvalue weighted by Gasteiger charge is 2.50. The number of hydrogen-bond donors (Lipinski definition) is 3. The van der Waals surface area contributed by atoms with Gasteiger partial charge in [0.05, 0.1) is 34.1 Å². The fourth-order valence-corrected chi connectivity index (χ4v) is 4.53. The van der Waals surface area contributed by atoms with Gasteiger partial charge in [0.2, 0.25) is 18.2 Å². The van der Waals surface area contributed by atoms with Gasteiger partial charge in [0.25, 0.3) is 0 Å². The van der Waals surface area contributed by atoms with Gasteiger partial charge in [0.1, 0.15) is 18.1 Å². The van der Waals surface area contributed by atoms with Crippen molar-refractivity contribution in [2.24, 2.45) is 15.0 Å². The van der Waals surface area contributed by atoms with E-state index in [1.807, 2.05) is 0 Å². The summed E-state index contributed by atoms with van der Waals surface area (Å²) in [6.45, 7) is 5.31. The number of aliphatic imine (C=N–C) groups is 3. The van der Waals surface area contributed by atoms with Gasteiger partial charge in [0, 0.05) is 0 Å². The van der Waals surface area contributed by atoms with E-state index in [9.17, 15) is 28.8 Å². The lowest BCUT2D eigenvalue weighted by Crippen LogP contribution is -2.64. The van der Waals surface area contributed by atoms with E-state index in [0.717, 1.165) is 16.7 Å². The molecule has 0 heterocycles. The number of aryl methyl sites for hydroxylation is 3. The molecular weight excluding hydrogens is 540 g/mol. The molecular formula is C30H24N6O6. The van der Waals surface area contributed by atoms with Crippen molar-refractivity contribution in [2.45, 2.75) is 38.9 Å². The Balaban J connectivity index is 1.80. The first-order valence-corrected chi connectivity index (χ1v) is 12.6. The van der Waals surface area contributed by atoms with Crippen molar-refractivity contribution in [3.8, 4) is 0 Å². The molecule has 0 spiro atoms. The number of benzene rings is 3. The van der Waals surface area contributed by atoms with Crippen molar-refractivity contribution in [1.29, 1.82) is 0 Å². The predicted molar refractivity (Wildman–Crippen MR) is 154 cm³/mol. The van der Waals surface area contributed by atoms with Crippen LogP contribution in [0.3, 0.4) is 0 Å². The van der Waals surface area contributed by atoms with Gasteiger partial charge < -0.3 is 16.0 Å². The van der Waals surface area contributed by atoms with Gasteiger partial charge in [-0.2, -0.15) is 15.0 Å². The molecule has 0 amide bonds. The van der Waals surface area contributed by atoms with E-state index in [1.54, 1.807) is 75.4 Å². The van der Waals surface area contributed by atoms with Crippen LogP contribution in [0.1, 0.15) is 16.7 Å². The average Bonchev–Trinajstić information content (AvgIpc) is 2.95. The van der Waals surface area contributed by atoms with E-state index in [0.29, 0.717) is 0 Å². The molecule has 210 valence electrons. The van der Waals surface area contributed by atoms with E-state index in [2.05, 4.69) is 30.9 Å². The maximum absolute atomic E-state index is 13.8. The van der Waals surface area contributed by atoms with Crippen LogP contribution in [0.5, 0.6) is 0 Å². The molecule has 1 saturated carbocycles. The first-order valence-electron chi connectivity index (χ1n) is 12.6. The molecule has 0 unspecified atom stereocenters. The summed E-state index contributed by atoms with van der Waals surface area (Å²) in [6.07, 6.45) is 4.35. The molecule has 3 aromatic rings. The molecule has 0 radical (unpaired) electrons. The lowest BCUT2D eigenvalue weighted by molar-refractivity contribution is -0.139. The minimum Gasteiger partial charge on any atom is -0.367 e. The molecule has 0 atom stereocenters. The first kappa shape index (κ1) is 29.2. The van der Waals surface area contributed by atoms with Crippen LogP contribution < -0.4 is 16.0 Å². The molecule has 1 aliphatic rings. The average molecular weight is 565 g/mol. The Morgan fingerprint density at radius 2 is 0.762 bits per heavy atom. The number of nitrogens with one attached hydrogen (secondary N) is 3. The number of isocyanates is 3. The highest BCUT2D eigenvalue weighted by Crippen LogP contribution is 2.32. The molecule has 0 aliphatic heterocycles. The minimum absolute atomic E-state index is 0.138. The van der Waals surface area contributed by atoms with Crippen molar-refractivity contribution in [3.05, 3.63) is 71.3 Å². The van der Waals surface area contributed by atoms with Crippen LogP contribution in [0.2, 0.25) is 0 Å². The standard InChI is InChI=1S/C30H24N6O6/c1-16-4-7-19(22(10-16)31-13-37)34-25-28(40)26(35-20-8-5-17(2)11-23(20)32-14-38)30(42)27(29(25)41)36-21-9-6-18(3)12-24(21)33-15-39/h4-12,25-27,34-36H,1-3H3. The Kier molecular flexibility index (Phi) is 8.75. The van der Waals surface area contributed by atoms with Gasteiger partial charge in [-0.05, 0) is 73.9 Å². The van der Waals surface area contributed by atoms with Gasteiger partial charge in [-0.1, -0.05) is 18.2 Å². The van der Waals surface area contributed by atoms with Crippen LogP contribution in [0.25, 0.3) is 0 Å². The maximum atomic E-state index is 13.8. The number of carbonyl (C=O) groups is 3. The normalized spacial score (nSPS) is 17.8. The van der Waals surface area contributed by atoms with Gasteiger partial charge >= 0.3 is 0 Å². The van der Waals surface area contributed by atoms with Gasteiger partial charge in [-0.3, -0.25) is 14.4 Å². The summed E-state index contributed by atoms with van der Waals surface area (Å²) in [4.78, 5) is 85.4. The number of nitrogens with zero attached hydrogens (tertiary/aromatic N) is 3. The Morgan fingerprint density at radius 3 is 1.00 bits per heavy atom. The summed E-state index contributed by atoms with van der Waals surface area (Å²) >= 11 is 0. The van der Waals surface area contributed by atoms with Crippen molar-refractivity contribution in [3.63, 3.8) is 0 Å². The summed E-state index contributed by atoms with van der Waals surface area (Å²) in [7, 11) is 0. The van der Waals surface area contributed by atoms with Gasteiger partial charge in [-0.25, -0.2) is 14.4 Å². The molecule has 12 heteroatoms. The van der Waals surface area contributed by atoms with Crippen LogP contribution in [-0.2, 0) is 28.8 Å². The molecule has 3 N–H and O–H groups in total. The first-order chi connectivity index (χ1) is 20.2. The number of Topliss-reactive ketones (excluding diaryl/α,β-unsaturated/α-hetero) is 3. The zero-order chi connectivity index (χ0) is 30.4. The van der Waals surface area contributed by atoms with E-state index >= 15 is 0 Å². The molecule has 3 aromatic carbocycles. The minimum atomic E-state index is -1.58. The van der Waals surface area contributed by atoms with Crippen molar-refractivity contribution in [2.75, 3.05) is 16.0 Å². The molecule has 0 saturated heterocycles. The lowest BCUT2D eigenvalue weighted by Gasteiger charge is -2.34. The molecule has 12 nitrogen and oxygen atoms in total. The Morgan fingerprint density at radius 1 is 0.500 bits per heavy atom. The largest absolute Gasteiger partial charge is 0.367 e. The summed E-state index contributed by atoms with van der Waals surface area (Å²) in [5, 5.41) is 8.51. The number of anilines is 3. The van der Waals surface area contributed by atoms with Crippen LogP contribution in [0, 0.1) is 20.8 Å². The van der Waals surface area contributed by atoms with Crippen LogP contribution in [0.15, 0.2) is 69.6 Å². The maximum Gasteiger partial charge on any atom is 0.240 e. The second-order valence-corrected chi connectivity index (χ2v) is 9.61. The van der Waals surface area contributed by atoms with Crippen LogP contribution >= 0.6 is 0 Å². The topological polar surface area (TPSA) is 176 Å². The molecule has 0 bridgehead atoms. The monoisotopic (exact) mass is 564 g/mol. The third-order valence-corrected chi connectivity index (χ3v) is 6.56. The smallest absolute Gasteiger partial charge is 0.240 e. The fraction of sp³-hybridized carbons (Fsp3) is 0.200. The molecule has 1 fully saturated rings. The second-order valence-electron chi connectivity index (χ2n) is 9.61. The third kappa shape index (κ3) is 6.17. The zero-order valence-electron chi connectivity index (χ0n) is 22.7. The molecule has 0 aromatic heterocycles. The number of carbonyl (C=O) groups excluding carboxylic acids is 6. The van der Waals surface area contributed by atoms with Crippen LogP contribution in [0.4, 0.5) is 34.1 Å². The Bertz CT molecular complexity index is 1530. The van der Waals surface area contributed by atoms with Crippen LogP contribution in [-0.4, -0.2) is 53.7 Å². The van der Waals surface area contributed by atoms with E-state index in [-0.39, 0.29) is 34.1 Å². The van der Waals surface area contributed by atoms with Gasteiger partial charge in [0.15, 0.2) is 17.3 Å². The van der Waals surface area contributed by atoms with Crippen molar-refractivity contribution in [1.82, 2.24) is 0 Å². The summed E-state index contributed by atoms with van der Waals surface area (Å²) in [6, 6.07) is 9.65. The zero-order valence-corrected chi connectivity index (χ0v) is 22.7. The van der Waals surface area contributed by atoms with Crippen molar-refractivity contribution < 1.29 is 28.8 Å². The molecule has 42 heavy (non-hydrogen) atoms. The third-order valence-electron chi connectivity index (χ3n) is 6.56. The summed E-state index contributed by atoms with van der Waals surface area (Å²) in [5.41, 5.74) is 3.25. The Labute approximate surface area is 239 Å². The quantitative estimate of drug-likeness (QED) is 0.197. The second kappa shape index (κ2) is 12.6. The van der Waals surface area contributed by atoms with E-state index in [4.69, 9.17) is 0 Å². The molecule has 1 aliphatic carbocycles. The van der Waals surface area contributed by atoms with E-state index < -0.39 is 35.5 Å². The summed E-state index contributed by atoms with van der Waals surface area (Å²) in [5.74, 6) is -2.45. The van der Waals surface area contributed by atoms with Gasteiger partial charge in [-0.15, -0.1) is 0 Å². The Hall–Kier alpha value is -5.79. The summed E-state index contributed by atoms with van der Waals surface area (Å²) < 4.78 is 0. The lowest BCUT2D eigenvalue weighted by atomic mass is 9.82. The fourth-order valence-electron chi connectivity index (χ4n) is 4.53. The number of ketones is 3. The van der Waals surface area contributed by atoms with E-state index in [1.165, 1.54) is 18.2 Å². The SMILES string of the molecule is Cc1ccc(NC2C(=O)C(Nc3ccc(C)cc3N=C=O)C(=O)C(Nc3ccc(C)cc3N=C=O)C2=O)c(N=C=O)c1. The predicted octanol–water partition coefficient (Wildman–Crippen LogP) is 3.98.